The second-order valence-corrected chi connectivity index (χ2v) is 8.15. The van der Waals surface area contributed by atoms with E-state index in [-0.39, 0.29) is 24.2 Å². The minimum Gasteiger partial charge on any atom is -0.339 e. The Morgan fingerprint density at radius 2 is 1.87 bits per heavy atom. The largest absolute Gasteiger partial charge is 0.435 e. The van der Waals surface area contributed by atoms with Crippen LogP contribution < -0.4 is 0 Å². The van der Waals surface area contributed by atoms with Gasteiger partial charge in [-0.2, -0.15) is 18.3 Å². The highest BCUT2D eigenvalue weighted by molar-refractivity contribution is 6.31. The summed E-state index contributed by atoms with van der Waals surface area (Å²) in [5.74, 6) is -0.589. The van der Waals surface area contributed by atoms with Crippen LogP contribution in [-0.2, 0) is 24.1 Å². The van der Waals surface area contributed by atoms with Gasteiger partial charge in [0.25, 0.3) is 0 Å². The monoisotopic (exact) mass is 444 g/mol. The standard InChI is InChI=1S/C20H21ClF4N4O/c21-15-2-1-3-16(22)14(15)11-27-6-8-28(9-7-27)19(30)12-29-17(13-4-5-13)10-18(26-29)20(23,24)25/h1-3,10,13H,4-9,11-12H2. The van der Waals surface area contributed by atoms with Gasteiger partial charge in [0, 0.05) is 54.9 Å². The number of alkyl halides is 3. The van der Waals surface area contributed by atoms with Gasteiger partial charge in [-0.1, -0.05) is 17.7 Å². The van der Waals surface area contributed by atoms with Gasteiger partial charge in [0.15, 0.2) is 5.69 Å². The van der Waals surface area contributed by atoms with Crippen LogP contribution in [0.2, 0.25) is 5.02 Å². The third kappa shape index (κ3) is 4.62. The molecule has 0 spiro atoms. The number of aromatic nitrogens is 2. The lowest BCUT2D eigenvalue weighted by atomic mass is 10.2. The smallest absolute Gasteiger partial charge is 0.339 e. The fourth-order valence-electron chi connectivity index (χ4n) is 3.69. The van der Waals surface area contributed by atoms with Gasteiger partial charge in [0.1, 0.15) is 12.4 Å². The molecule has 1 saturated carbocycles. The van der Waals surface area contributed by atoms with Crippen LogP contribution in [0.15, 0.2) is 24.3 Å². The van der Waals surface area contributed by atoms with Crippen molar-refractivity contribution in [3.05, 3.63) is 52.1 Å². The van der Waals surface area contributed by atoms with Crippen LogP contribution in [0.25, 0.3) is 0 Å². The lowest BCUT2D eigenvalue weighted by Gasteiger charge is -2.35. The summed E-state index contributed by atoms with van der Waals surface area (Å²) in [7, 11) is 0. The van der Waals surface area contributed by atoms with Crippen molar-refractivity contribution < 1.29 is 22.4 Å². The van der Waals surface area contributed by atoms with Crippen LogP contribution in [0.1, 0.15) is 35.7 Å². The van der Waals surface area contributed by atoms with Crippen LogP contribution in [0, 0.1) is 5.82 Å². The molecule has 1 aliphatic carbocycles. The topological polar surface area (TPSA) is 41.4 Å². The summed E-state index contributed by atoms with van der Waals surface area (Å²) in [5, 5.41) is 4.01. The van der Waals surface area contributed by atoms with Crippen LogP contribution in [0.5, 0.6) is 0 Å². The van der Waals surface area contributed by atoms with Crippen LogP contribution in [0.4, 0.5) is 17.6 Å². The first-order chi connectivity index (χ1) is 14.2. The zero-order valence-corrected chi connectivity index (χ0v) is 16.9. The van der Waals surface area contributed by atoms with Gasteiger partial charge in [-0.25, -0.2) is 4.39 Å². The summed E-state index contributed by atoms with van der Waals surface area (Å²) in [6, 6.07) is 5.60. The van der Waals surface area contributed by atoms with Crippen molar-refractivity contribution in [1.82, 2.24) is 19.6 Å². The Morgan fingerprint density at radius 3 is 2.47 bits per heavy atom. The molecule has 10 heteroatoms. The Labute approximate surface area is 176 Å². The van der Waals surface area contributed by atoms with E-state index < -0.39 is 11.9 Å². The summed E-state index contributed by atoms with van der Waals surface area (Å²) < 4.78 is 54.3. The number of carbonyl (C=O) groups excluding carboxylic acids is 1. The van der Waals surface area contributed by atoms with Gasteiger partial charge in [0.05, 0.1) is 0 Å². The molecule has 5 nitrogen and oxygen atoms in total. The maximum Gasteiger partial charge on any atom is 0.435 e. The summed E-state index contributed by atoms with van der Waals surface area (Å²) in [5.41, 5.74) is -0.0588. The number of halogens is 5. The first-order valence-electron chi connectivity index (χ1n) is 9.80. The lowest BCUT2D eigenvalue weighted by molar-refractivity contribution is -0.142. The fraction of sp³-hybridized carbons (Fsp3) is 0.500. The molecule has 0 unspecified atom stereocenters. The number of benzene rings is 1. The molecular weight excluding hydrogens is 424 g/mol. The fourth-order valence-corrected chi connectivity index (χ4v) is 3.92. The van der Waals surface area contributed by atoms with E-state index in [4.69, 9.17) is 11.6 Å². The average Bonchev–Trinajstić information content (AvgIpc) is 3.44. The van der Waals surface area contributed by atoms with Crippen molar-refractivity contribution in [2.75, 3.05) is 26.2 Å². The number of amides is 1. The van der Waals surface area contributed by atoms with Gasteiger partial charge >= 0.3 is 6.18 Å². The lowest BCUT2D eigenvalue weighted by Crippen LogP contribution is -2.49. The molecule has 2 aliphatic rings. The highest BCUT2D eigenvalue weighted by Crippen LogP contribution is 2.42. The number of carbonyl (C=O) groups is 1. The predicted molar refractivity (Wildman–Crippen MR) is 102 cm³/mol. The maximum absolute atomic E-state index is 14.0. The normalized spacial score (nSPS) is 18.1. The Balaban J connectivity index is 1.37. The molecule has 0 radical (unpaired) electrons. The van der Waals surface area contributed by atoms with Crippen LogP contribution in [0.3, 0.4) is 0 Å². The summed E-state index contributed by atoms with van der Waals surface area (Å²) >= 11 is 6.08. The molecule has 2 aromatic rings. The Kier molecular flexibility index (Phi) is 5.76. The molecule has 0 bridgehead atoms. The Morgan fingerprint density at radius 1 is 1.17 bits per heavy atom. The highest BCUT2D eigenvalue weighted by Gasteiger charge is 2.38. The maximum atomic E-state index is 14.0. The van der Waals surface area contributed by atoms with Gasteiger partial charge in [-0.05, 0) is 31.0 Å². The third-order valence-corrected chi connectivity index (χ3v) is 5.90. The Hall–Kier alpha value is -2.13. The van der Waals surface area contributed by atoms with E-state index in [1.54, 1.807) is 17.0 Å². The molecule has 0 atom stereocenters. The summed E-state index contributed by atoms with van der Waals surface area (Å²) in [4.78, 5) is 16.3. The SMILES string of the molecule is O=C(Cn1nc(C(F)(F)F)cc1C1CC1)N1CCN(Cc2c(F)cccc2Cl)CC1. The predicted octanol–water partition coefficient (Wildman–Crippen LogP) is 3.92. The summed E-state index contributed by atoms with van der Waals surface area (Å²) in [6.45, 7) is 2.01. The molecule has 4 rings (SSSR count). The van der Waals surface area contributed by atoms with Crippen molar-refractivity contribution in [1.29, 1.82) is 0 Å². The van der Waals surface area contributed by atoms with Crippen molar-refractivity contribution in [2.24, 2.45) is 0 Å². The van der Waals surface area contributed by atoms with Crippen molar-refractivity contribution in [2.45, 2.75) is 38.0 Å². The zero-order valence-electron chi connectivity index (χ0n) is 16.1. The van der Waals surface area contributed by atoms with Gasteiger partial charge in [0.2, 0.25) is 5.91 Å². The molecule has 1 aromatic heterocycles. The second-order valence-electron chi connectivity index (χ2n) is 7.74. The van der Waals surface area contributed by atoms with Crippen molar-refractivity contribution in [3.8, 4) is 0 Å². The number of rotatable bonds is 5. The number of nitrogens with zero attached hydrogens (tertiary/aromatic N) is 4. The third-order valence-electron chi connectivity index (χ3n) is 5.55. The molecule has 0 N–H and O–H groups in total. The van der Waals surface area contributed by atoms with E-state index in [0.29, 0.717) is 49.0 Å². The van der Waals surface area contributed by atoms with Gasteiger partial charge in [-0.3, -0.25) is 14.4 Å². The summed E-state index contributed by atoms with van der Waals surface area (Å²) in [6.07, 6.45) is -2.90. The molecule has 30 heavy (non-hydrogen) atoms. The molecule has 2 fully saturated rings. The van der Waals surface area contributed by atoms with Crippen molar-refractivity contribution in [3.63, 3.8) is 0 Å². The second kappa shape index (κ2) is 8.19. The van der Waals surface area contributed by atoms with E-state index in [1.807, 2.05) is 4.90 Å². The first kappa shape index (κ1) is 21.1. The molecule has 1 aromatic carbocycles. The molecule has 2 heterocycles. The number of hydrogen-bond donors (Lipinski definition) is 0. The Bertz CT molecular complexity index is 913. The van der Waals surface area contributed by atoms with E-state index >= 15 is 0 Å². The van der Waals surface area contributed by atoms with E-state index in [0.717, 1.165) is 18.9 Å². The quantitative estimate of drug-likeness (QED) is 0.656. The van der Waals surface area contributed by atoms with Gasteiger partial charge in [-0.15, -0.1) is 0 Å². The van der Waals surface area contributed by atoms with E-state index in [2.05, 4.69) is 5.10 Å². The highest BCUT2D eigenvalue weighted by atomic mass is 35.5. The van der Waals surface area contributed by atoms with E-state index in [1.165, 1.54) is 10.7 Å². The molecule has 1 saturated heterocycles. The molecule has 1 amide bonds. The van der Waals surface area contributed by atoms with Crippen LogP contribution >= 0.6 is 11.6 Å². The average molecular weight is 445 g/mol. The van der Waals surface area contributed by atoms with E-state index in [9.17, 15) is 22.4 Å². The van der Waals surface area contributed by atoms with Crippen LogP contribution in [-0.4, -0.2) is 51.7 Å². The van der Waals surface area contributed by atoms with Gasteiger partial charge < -0.3 is 4.90 Å². The molecule has 162 valence electrons. The van der Waals surface area contributed by atoms with Crippen molar-refractivity contribution >= 4 is 17.5 Å². The molecule has 1 aliphatic heterocycles. The minimum atomic E-state index is -4.53. The minimum absolute atomic E-state index is 0.0452. The number of hydrogen-bond acceptors (Lipinski definition) is 3. The number of piperazine rings is 1. The molecular formula is C20H21ClF4N4O. The first-order valence-corrected chi connectivity index (χ1v) is 10.2. The zero-order chi connectivity index (χ0) is 21.5.